The molecule has 158 valence electrons. The lowest BCUT2D eigenvalue weighted by atomic mass is 10.0. The first kappa shape index (κ1) is 22.5. The third-order valence-electron chi connectivity index (χ3n) is 4.57. The van der Waals surface area contributed by atoms with Crippen molar-refractivity contribution in [1.82, 2.24) is 14.9 Å². The highest BCUT2D eigenvalue weighted by atomic mass is 32.1. The molecule has 2 aromatic rings. The van der Waals surface area contributed by atoms with Gasteiger partial charge in [-0.05, 0) is 37.5 Å². The van der Waals surface area contributed by atoms with Gasteiger partial charge in [-0.2, -0.15) is 14.9 Å². The first-order chi connectivity index (χ1) is 14.0. The van der Waals surface area contributed by atoms with Crippen LogP contribution >= 0.6 is 12.2 Å². The second kappa shape index (κ2) is 10.7. The minimum Gasteiger partial charge on any atom is -0.493 e. The Balaban J connectivity index is 2.44. The predicted molar refractivity (Wildman–Crippen MR) is 114 cm³/mol. The number of methoxy groups -OCH3 is 1. The van der Waals surface area contributed by atoms with Crippen LogP contribution in [0.15, 0.2) is 17.2 Å². The molecule has 1 heterocycles. The molecule has 0 bridgehead atoms. The molecule has 0 unspecified atom stereocenters. The molecule has 1 aromatic carbocycles. The lowest BCUT2D eigenvalue weighted by Gasteiger charge is -2.12. The fraction of sp³-hybridized carbons (Fsp3) is 0.526. The van der Waals surface area contributed by atoms with Gasteiger partial charge in [0, 0.05) is 17.5 Å². The maximum atomic E-state index is 11.6. The largest absolute Gasteiger partial charge is 0.493 e. The van der Waals surface area contributed by atoms with Crippen molar-refractivity contribution < 1.29 is 14.4 Å². The molecular weight excluding hydrogens is 394 g/mol. The zero-order chi connectivity index (χ0) is 21.4. The van der Waals surface area contributed by atoms with E-state index in [0.29, 0.717) is 16.9 Å². The van der Waals surface area contributed by atoms with Gasteiger partial charge in [-0.15, -0.1) is 0 Å². The first-order valence-corrected chi connectivity index (χ1v) is 10.1. The first-order valence-electron chi connectivity index (χ1n) is 9.67. The lowest BCUT2D eigenvalue weighted by molar-refractivity contribution is -0.386. The molecule has 0 aliphatic heterocycles. The Labute approximate surface area is 174 Å². The van der Waals surface area contributed by atoms with Crippen LogP contribution < -0.4 is 9.47 Å². The number of H-pyrrole nitrogens is 1. The summed E-state index contributed by atoms with van der Waals surface area (Å²) in [5.74, 6) is 1.35. The van der Waals surface area contributed by atoms with Gasteiger partial charge >= 0.3 is 5.69 Å². The minimum atomic E-state index is -0.486. The van der Waals surface area contributed by atoms with Crippen LogP contribution in [0.1, 0.15) is 63.8 Å². The van der Waals surface area contributed by atoms with Gasteiger partial charge in [0.1, 0.15) is 0 Å². The van der Waals surface area contributed by atoms with Gasteiger partial charge in [0.05, 0.1) is 24.9 Å². The van der Waals surface area contributed by atoms with Crippen LogP contribution in [0.3, 0.4) is 0 Å². The van der Waals surface area contributed by atoms with E-state index < -0.39 is 4.92 Å². The van der Waals surface area contributed by atoms with E-state index in [1.54, 1.807) is 10.7 Å². The number of unbranched alkanes of at least 4 members (excludes halogenated alkanes) is 1. The Morgan fingerprint density at radius 1 is 1.38 bits per heavy atom. The molecule has 0 radical (unpaired) electrons. The van der Waals surface area contributed by atoms with Crippen LogP contribution in [0.2, 0.25) is 0 Å². The Morgan fingerprint density at radius 2 is 2.10 bits per heavy atom. The van der Waals surface area contributed by atoms with Gasteiger partial charge in [-0.1, -0.05) is 27.2 Å². The monoisotopic (exact) mass is 421 g/mol. The summed E-state index contributed by atoms with van der Waals surface area (Å²) in [6.45, 7) is 6.55. The third-order valence-corrected chi connectivity index (χ3v) is 4.83. The molecule has 10 heteroatoms. The molecule has 9 nitrogen and oxygen atoms in total. The summed E-state index contributed by atoms with van der Waals surface area (Å²) < 4.78 is 12.9. The van der Waals surface area contributed by atoms with Crippen molar-refractivity contribution in [2.75, 3.05) is 13.7 Å². The zero-order valence-corrected chi connectivity index (χ0v) is 18.0. The molecule has 2 rings (SSSR count). The number of nitrogens with zero attached hydrogens (tertiary/aromatic N) is 4. The smallest absolute Gasteiger partial charge is 0.315 e. The Morgan fingerprint density at radius 3 is 2.69 bits per heavy atom. The number of aromatic nitrogens is 3. The number of benzene rings is 1. The number of nitro benzene ring substituents is 1. The van der Waals surface area contributed by atoms with Crippen LogP contribution in [0.25, 0.3) is 0 Å². The van der Waals surface area contributed by atoms with Crippen molar-refractivity contribution in [1.29, 1.82) is 0 Å². The molecular formula is C19H27N5O4S. The lowest BCUT2D eigenvalue weighted by Crippen LogP contribution is -2.06. The topological polar surface area (TPSA) is 108 Å². The predicted octanol–water partition coefficient (Wildman–Crippen LogP) is 4.82. The maximum Gasteiger partial charge on any atom is 0.315 e. The summed E-state index contributed by atoms with van der Waals surface area (Å²) in [5.41, 5.74) is 0.327. The number of ether oxygens (including phenoxy) is 2. The second-order valence-corrected chi connectivity index (χ2v) is 6.87. The molecule has 0 amide bonds. The average Bonchev–Trinajstić information content (AvgIpc) is 3.08. The molecule has 0 aliphatic carbocycles. The van der Waals surface area contributed by atoms with E-state index in [1.807, 2.05) is 6.92 Å². The number of hydrogen-bond donors (Lipinski definition) is 1. The average molecular weight is 422 g/mol. The van der Waals surface area contributed by atoms with E-state index in [9.17, 15) is 10.1 Å². The van der Waals surface area contributed by atoms with E-state index in [1.165, 1.54) is 19.4 Å². The molecule has 0 saturated carbocycles. The van der Waals surface area contributed by atoms with Gasteiger partial charge in [0.25, 0.3) is 0 Å². The van der Waals surface area contributed by atoms with Crippen LogP contribution in [0.4, 0.5) is 5.69 Å². The number of nitrogens with one attached hydrogen (secondary N) is 1. The summed E-state index contributed by atoms with van der Waals surface area (Å²) in [6.07, 6.45) is 5.01. The van der Waals surface area contributed by atoms with Crippen LogP contribution in [-0.4, -0.2) is 39.7 Å². The SMILES string of the molecule is CCCCOc1c(OC)cc(/C=N\n2c(C(CC)CC)n[nH]c2=S)cc1[N+](=O)[O-]. The molecule has 0 fully saturated rings. The van der Waals surface area contributed by atoms with Crippen LogP contribution in [0, 0.1) is 14.9 Å². The molecule has 1 N–H and O–H groups in total. The van der Waals surface area contributed by atoms with Crippen LogP contribution in [-0.2, 0) is 0 Å². The highest BCUT2D eigenvalue weighted by Crippen LogP contribution is 2.38. The van der Waals surface area contributed by atoms with E-state index in [2.05, 4.69) is 29.1 Å². The number of nitro groups is 1. The van der Waals surface area contributed by atoms with Gasteiger partial charge in [-0.25, -0.2) is 0 Å². The Kier molecular flexibility index (Phi) is 8.32. The fourth-order valence-electron chi connectivity index (χ4n) is 2.89. The van der Waals surface area contributed by atoms with Gasteiger partial charge in [-0.3, -0.25) is 15.2 Å². The summed E-state index contributed by atoms with van der Waals surface area (Å²) >= 11 is 5.28. The van der Waals surface area contributed by atoms with Crippen molar-refractivity contribution in [2.24, 2.45) is 5.10 Å². The highest BCUT2D eigenvalue weighted by Gasteiger charge is 2.22. The third kappa shape index (κ3) is 5.41. The summed E-state index contributed by atoms with van der Waals surface area (Å²) in [7, 11) is 1.45. The van der Waals surface area contributed by atoms with E-state index in [4.69, 9.17) is 21.7 Å². The molecule has 0 aliphatic rings. The van der Waals surface area contributed by atoms with E-state index in [0.717, 1.165) is 31.5 Å². The quantitative estimate of drug-likeness (QED) is 0.183. The molecule has 1 aromatic heterocycles. The maximum absolute atomic E-state index is 11.6. The van der Waals surface area contributed by atoms with Gasteiger partial charge in [0.2, 0.25) is 10.5 Å². The molecule has 0 spiro atoms. The minimum absolute atomic E-state index is 0.126. The van der Waals surface area contributed by atoms with Crippen molar-refractivity contribution >= 4 is 24.1 Å². The van der Waals surface area contributed by atoms with E-state index >= 15 is 0 Å². The zero-order valence-electron chi connectivity index (χ0n) is 17.2. The number of aromatic amines is 1. The molecule has 29 heavy (non-hydrogen) atoms. The summed E-state index contributed by atoms with van der Waals surface area (Å²) in [4.78, 5) is 11.1. The normalized spacial score (nSPS) is 11.3. The standard InChI is InChI=1S/C19H27N5O4S/c1-5-8-9-28-17-15(24(25)26)10-13(11-16(17)27-4)12-20-23-18(14(6-2)7-3)21-22-19(23)29/h10-12,14H,5-9H2,1-4H3,(H,22,29)/b20-12-. The summed E-state index contributed by atoms with van der Waals surface area (Å²) in [5, 5.41) is 23.0. The van der Waals surface area contributed by atoms with E-state index in [-0.39, 0.29) is 23.1 Å². The second-order valence-electron chi connectivity index (χ2n) is 6.49. The van der Waals surface area contributed by atoms with Crippen molar-refractivity contribution in [3.05, 3.63) is 38.4 Å². The fourth-order valence-corrected chi connectivity index (χ4v) is 3.08. The summed E-state index contributed by atoms with van der Waals surface area (Å²) in [6, 6.07) is 3.06. The van der Waals surface area contributed by atoms with Gasteiger partial charge in [0.15, 0.2) is 11.6 Å². The Bertz CT molecular complexity index is 918. The van der Waals surface area contributed by atoms with Crippen molar-refractivity contribution in [2.45, 2.75) is 52.4 Å². The molecule has 0 atom stereocenters. The van der Waals surface area contributed by atoms with Crippen LogP contribution in [0.5, 0.6) is 11.5 Å². The molecule has 0 saturated heterocycles. The number of hydrogen-bond acceptors (Lipinski definition) is 7. The van der Waals surface area contributed by atoms with Gasteiger partial charge < -0.3 is 9.47 Å². The Hall–Kier alpha value is -2.75. The van der Waals surface area contributed by atoms with Crippen molar-refractivity contribution in [3.63, 3.8) is 0 Å². The van der Waals surface area contributed by atoms with Crippen molar-refractivity contribution in [3.8, 4) is 11.5 Å². The highest BCUT2D eigenvalue weighted by molar-refractivity contribution is 7.71. The number of rotatable bonds is 11.